The van der Waals surface area contributed by atoms with Crippen LogP contribution in [0.4, 0.5) is 0 Å². The molecule has 0 aliphatic carbocycles. The molecular formula is C12H24N2O. The van der Waals surface area contributed by atoms with Gasteiger partial charge in [-0.1, -0.05) is 27.2 Å². The van der Waals surface area contributed by atoms with Crippen molar-refractivity contribution >= 4 is 5.91 Å². The molecule has 88 valence electrons. The SMILES string of the molecule is CCC1(C)CCN(C(=O)C(C)CN)CC1. The minimum Gasteiger partial charge on any atom is -0.342 e. The topological polar surface area (TPSA) is 46.3 Å². The summed E-state index contributed by atoms with van der Waals surface area (Å²) in [5.41, 5.74) is 5.96. The number of likely N-dealkylation sites (tertiary alicyclic amines) is 1. The molecule has 1 rings (SSSR count). The van der Waals surface area contributed by atoms with E-state index in [0.29, 0.717) is 12.0 Å². The molecule has 1 fully saturated rings. The third-order valence-electron chi connectivity index (χ3n) is 3.91. The van der Waals surface area contributed by atoms with Gasteiger partial charge in [0.15, 0.2) is 0 Å². The highest BCUT2D eigenvalue weighted by Crippen LogP contribution is 2.34. The summed E-state index contributed by atoms with van der Waals surface area (Å²) in [5, 5.41) is 0. The highest BCUT2D eigenvalue weighted by Gasteiger charge is 2.31. The molecule has 0 radical (unpaired) electrons. The minimum atomic E-state index is -0.0176. The molecule has 3 heteroatoms. The van der Waals surface area contributed by atoms with Crippen molar-refractivity contribution in [2.45, 2.75) is 40.0 Å². The Morgan fingerprint density at radius 3 is 2.40 bits per heavy atom. The molecule has 1 heterocycles. The van der Waals surface area contributed by atoms with Gasteiger partial charge in [0.25, 0.3) is 0 Å². The lowest BCUT2D eigenvalue weighted by Crippen LogP contribution is -2.45. The van der Waals surface area contributed by atoms with Crippen LogP contribution < -0.4 is 5.73 Å². The molecule has 0 aromatic rings. The van der Waals surface area contributed by atoms with E-state index in [1.807, 2.05) is 11.8 Å². The minimum absolute atomic E-state index is 0.0176. The number of hydrogen-bond acceptors (Lipinski definition) is 2. The van der Waals surface area contributed by atoms with Crippen molar-refractivity contribution in [3.63, 3.8) is 0 Å². The Kier molecular flexibility index (Phi) is 4.14. The standard InChI is InChI=1S/C12H24N2O/c1-4-12(3)5-7-14(8-6-12)11(15)10(2)9-13/h10H,4-9,13H2,1-3H3. The molecule has 15 heavy (non-hydrogen) atoms. The van der Waals surface area contributed by atoms with Crippen LogP contribution in [-0.4, -0.2) is 30.4 Å². The maximum atomic E-state index is 11.9. The van der Waals surface area contributed by atoms with Crippen molar-refractivity contribution < 1.29 is 4.79 Å². The molecule has 0 aromatic heterocycles. The second-order valence-electron chi connectivity index (χ2n) is 5.13. The van der Waals surface area contributed by atoms with Crippen LogP contribution in [0.3, 0.4) is 0 Å². The van der Waals surface area contributed by atoms with Crippen LogP contribution in [0.1, 0.15) is 40.0 Å². The second-order valence-corrected chi connectivity index (χ2v) is 5.13. The zero-order valence-corrected chi connectivity index (χ0v) is 10.3. The van der Waals surface area contributed by atoms with Crippen molar-refractivity contribution in [3.05, 3.63) is 0 Å². The van der Waals surface area contributed by atoms with Crippen molar-refractivity contribution in [1.29, 1.82) is 0 Å². The van der Waals surface area contributed by atoms with Gasteiger partial charge in [0.1, 0.15) is 0 Å². The van der Waals surface area contributed by atoms with Crippen LogP contribution in [0.2, 0.25) is 0 Å². The quantitative estimate of drug-likeness (QED) is 0.772. The number of rotatable bonds is 3. The van der Waals surface area contributed by atoms with Crippen LogP contribution in [0.25, 0.3) is 0 Å². The monoisotopic (exact) mass is 212 g/mol. The first kappa shape index (κ1) is 12.5. The number of carbonyl (C=O) groups excluding carboxylic acids is 1. The first-order valence-electron chi connectivity index (χ1n) is 6.01. The highest BCUT2D eigenvalue weighted by atomic mass is 16.2. The molecule has 1 atom stereocenters. The Labute approximate surface area is 93.0 Å². The molecule has 1 amide bonds. The van der Waals surface area contributed by atoms with Crippen molar-refractivity contribution in [1.82, 2.24) is 4.90 Å². The summed E-state index contributed by atoms with van der Waals surface area (Å²) >= 11 is 0. The zero-order chi connectivity index (χ0) is 11.5. The Hall–Kier alpha value is -0.570. The lowest BCUT2D eigenvalue weighted by Gasteiger charge is -2.39. The highest BCUT2D eigenvalue weighted by molar-refractivity contribution is 5.78. The van der Waals surface area contributed by atoms with Gasteiger partial charge in [-0.25, -0.2) is 0 Å². The fourth-order valence-electron chi connectivity index (χ4n) is 2.03. The van der Waals surface area contributed by atoms with E-state index in [0.717, 1.165) is 25.9 Å². The number of piperidine rings is 1. The molecule has 0 aromatic carbocycles. The molecule has 0 bridgehead atoms. The van der Waals surface area contributed by atoms with Crippen LogP contribution >= 0.6 is 0 Å². The first-order chi connectivity index (χ1) is 7.02. The summed E-state index contributed by atoms with van der Waals surface area (Å²) in [6, 6.07) is 0. The van der Waals surface area contributed by atoms with E-state index in [1.165, 1.54) is 6.42 Å². The van der Waals surface area contributed by atoms with Crippen LogP contribution in [0.5, 0.6) is 0 Å². The largest absolute Gasteiger partial charge is 0.342 e. The second kappa shape index (κ2) is 4.97. The van der Waals surface area contributed by atoms with Gasteiger partial charge in [-0.15, -0.1) is 0 Å². The van der Waals surface area contributed by atoms with Crippen LogP contribution in [0.15, 0.2) is 0 Å². The van der Waals surface area contributed by atoms with Crippen molar-refractivity contribution in [3.8, 4) is 0 Å². The summed E-state index contributed by atoms with van der Waals surface area (Å²) in [6.07, 6.45) is 3.47. The van der Waals surface area contributed by atoms with Gasteiger partial charge in [0, 0.05) is 25.6 Å². The van der Waals surface area contributed by atoms with Gasteiger partial charge in [-0.3, -0.25) is 4.79 Å². The van der Waals surface area contributed by atoms with Gasteiger partial charge >= 0.3 is 0 Å². The van der Waals surface area contributed by atoms with E-state index < -0.39 is 0 Å². The number of carbonyl (C=O) groups is 1. The zero-order valence-electron chi connectivity index (χ0n) is 10.3. The maximum Gasteiger partial charge on any atom is 0.226 e. The van der Waals surface area contributed by atoms with E-state index in [4.69, 9.17) is 5.73 Å². The van der Waals surface area contributed by atoms with Gasteiger partial charge in [0.2, 0.25) is 5.91 Å². The molecule has 1 saturated heterocycles. The van der Waals surface area contributed by atoms with Crippen LogP contribution in [0, 0.1) is 11.3 Å². The molecule has 0 saturated carbocycles. The average Bonchev–Trinajstić information content (AvgIpc) is 2.28. The predicted octanol–water partition coefficient (Wildman–Crippen LogP) is 1.62. The Morgan fingerprint density at radius 1 is 1.47 bits per heavy atom. The van der Waals surface area contributed by atoms with Gasteiger partial charge < -0.3 is 10.6 Å². The Morgan fingerprint density at radius 2 is 2.00 bits per heavy atom. The molecule has 1 unspecified atom stereocenters. The summed E-state index contributed by atoms with van der Waals surface area (Å²) in [5.74, 6) is 0.214. The summed E-state index contributed by atoms with van der Waals surface area (Å²) in [4.78, 5) is 13.9. The molecule has 3 nitrogen and oxygen atoms in total. The van der Waals surface area contributed by atoms with E-state index in [2.05, 4.69) is 13.8 Å². The fourth-order valence-corrected chi connectivity index (χ4v) is 2.03. The molecule has 0 spiro atoms. The smallest absolute Gasteiger partial charge is 0.226 e. The number of amides is 1. The molecule has 2 N–H and O–H groups in total. The summed E-state index contributed by atoms with van der Waals surface area (Å²) < 4.78 is 0. The Bertz CT molecular complexity index is 220. The van der Waals surface area contributed by atoms with E-state index in [-0.39, 0.29) is 11.8 Å². The van der Waals surface area contributed by atoms with E-state index in [9.17, 15) is 4.79 Å². The Balaban J connectivity index is 2.47. The normalized spacial score (nSPS) is 22.5. The van der Waals surface area contributed by atoms with E-state index >= 15 is 0 Å². The predicted molar refractivity (Wildman–Crippen MR) is 62.4 cm³/mol. The van der Waals surface area contributed by atoms with Crippen molar-refractivity contribution in [2.75, 3.05) is 19.6 Å². The number of nitrogens with two attached hydrogens (primary N) is 1. The lowest BCUT2D eigenvalue weighted by molar-refractivity contribution is -0.136. The van der Waals surface area contributed by atoms with Crippen molar-refractivity contribution in [2.24, 2.45) is 17.1 Å². The van der Waals surface area contributed by atoms with Gasteiger partial charge in [-0.2, -0.15) is 0 Å². The number of hydrogen-bond donors (Lipinski definition) is 1. The molecule has 1 aliphatic heterocycles. The maximum absolute atomic E-state index is 11.9. The van der Waals surface area contributed by atoms with Gasteiger partial charge in [0.05, 0.1) is 0 Å². The third-order valence-corrected chi connectivity index (χ3v) is 3.91. The summed E-state index contributed by atoms with van der Waals surface area (Å²) in [6.45, 7) is 8.75. The third kappa shape index (κ3) is 2.94. The fraction of sp³-hybridized carbons (Fsp3) is 0.917. The molecular weight excluding hydrogens is 188 g/mol. The van der Waals surface area contributed by atoms with E-state index in [1.54, 1.807) is 0 Å². The van der Waals surface area contributed by atoms with Gasteiger partial charge in [-0.05, 0) is 18.3 Å². The molecule has 1 aliphatic rings. The average molecular weight is 212 g/mol. The van der Waals surface area contributed by atoms with Crippen LogP contribution in [-0.2, 0) is 4.79 Å². The first-order valence-corrected chi connectivity index (χ1v) is 6.01. The number of nitrogens with zero attached hydrogens (tertiary/aromatic N) is 1. The lowest BCUT2D eigenvalue weighted by atomic mass is 9.78. The summed E-state index contributed by atoms with van der Waals surface area (Å²) in [7, 11) is 0.